The van der Waals surface area contributed by atoms with Crippen LogP contribution in [0.2, 0.25) is 0 Å². The van der Waals surface area contributed by atoms with Gasteiger partial charge in [0.25, 0.3) is 0 Å². The molecule has 1 aliphatic carbocycles. The first-order chi connectivity index (χ1) is 11.7. The highest BCUT2D eigenvalue weighted by molar-refractivity contribution is 7.97. The number of nitrogens with two attached hydrogens (primary N) is 1. The van der Waals surface area contributed by atoms with E-state index in [4.69, 9.17) is 5.73 Å². The van der Waals surface area contributed by atoms with Crippen molar-refractivity contribution in [2.24, 2.45) is 11.7 Å². The highest BCUT2D eigenvalue weighted by atomic mass is 32.2. The average Bonchev–Trinajstić information content (AvgIpc) is 2.63. The molecule has 0 amide bonds. The minimum atomic E-state index is 0.865. The van der Waals surface area contributed by atoms with Crippen molar-refractivity contribution >= 4 is 28.4 Å². The second-order valence-corrected chi connectivity index (χ2v) is 7.62. The van der Waals surface area contributed by atoms with Crippen molar-refractivity contribution in [3.63, 3.8) is 0 Å². The number of anilines is 1. The molecule has 1 fully saturated rings. The van der Waals surface area contributed by atoms with Gasteiger partial charge in [-0.25, -0.2) is 0 Å². The molecule has 24 heavy (non-hydrogen) atoms. The Balaban J connectivity index is 0.000000219. The van der Waals surface area contributed by atoms with Gasteiger partial charge >= 0.3 is 0 Å². The summed E-state index contributed by atoms with van der Waals surface area (Å²) in [6.07, 6.45) is 7.05. The molecule has 2 aromatic carbocycles. The van der Waals surface area contributed by atoms with Crippen molar-refractivity contribution in [1.29, 1.82) is 0 Å². The second-order valence-electron chi connectivity index (χ2n) is 6.57. The van der Waals surface area contributed by atoms with Crippen LogP contribution in [0.15, 0.2) is 41.3 Å². The fraction of sp³-hybridized carbons (Fsp3) is 0.500. The van der Waals surface area contributed by atoms with Crippen LogP contribution in [0, 0.1) is 5.92 Å². The number of fused-ring (bicyclic) bond motifs is 1. The first-order valence-electron chi connectivity index (χ1n) is 8.90. The zero-order valence-corrected chi connectivity index (χ0v) is 16.0. The van der Waals surface area contributed by atoms with Crippen molar-refractivity contribution in [1.82, 2.24) is 4.72 Å². The number of rotatable bonds is 4. The molecule has 3 nitrogen and oxygen atoms in total. The molecule has 0 unspecified atom stereocenters. The third-order valence-corrected chi connectivity index (χ3v) is 5.39. The van der Waals surface area contributed by atoms with Crippen LogP contribution in [-0.4, -0.2) is 27.7 Å². The minimum Gasteiger partial charge on any atom is -0.377 e. The van der Waals surface area contributed by atoms with Crippen LogP contribution >= 0.6 is 11.9 Å². The summed E-state index contributed by atoms with van der Waals surface area (Å²) in [5.41, 5.74) is 6.76. The summed E-state index contributed by atoms with van der Waals surface area (Å²) in [4.78, 5) is 3.42. The Bertz CT molecular complexity index is 621. The Kier molecular flexibility index (Phi) is 7.89. The molecule has 0 spiro atoms. The fourth-order valence-electron chi connectivity index (χ4n) is 3.28. The van der Waals surface area contributed by atoms with Gasteiger partial charge in [-0.2, -0.15) is 0 Å². The number of hydrogen-bond acceptors (Lipinski definition) is 4. The SMILES string of the molecule is CNSc1cccc2c(N(C)C)cccc12.NCC1CCCCC1. The second kappa shape index (κ2) is 9.92. The molecule has 4 heteroatoms. The van der Waals surface area contributed by atoms with E-state index in [1.54, 1.807) is 11.9 Å². The standard InChI is InChI=1S/C13H16N2S.C7H15N/c1-14-16-13-9-5-6-10-11(13)7-4-8-12(10)15(2)3;8-6-7-4-2-1-3-5-7/h4-9,14H,1-3H3;7H,1-6,8H2. The summed E-state index contributed by atoms with van der Waals surface area (Å²) < 4.78 is 3.13. The summed E-state index contributed by atoms with van der Waals surface area (Å²) in [5, 5.41) is 2.60. The van der Waals surface area contributed by atoms with Crippen molar-refractivity contribution in [3.05, 3.63) is 36.4 Å². The van der Waals surface area contributed by atoms with Gasteiger partial charge in [0.15, 0.2) is 0 Å². The van der Waals surface area contributed by atoms with E-state index in [-0.39, 0.29) is 0 Å². The molecule has 2 aromatic rings. The molecule has 0 atom stereocenters. The maximum atomic E-state index is 5.50. The monoisotopic (exact) mass is 345 g/mol. The molecule has 0 radical (unpaired) electrons. The molecule has 3 N–H and O–H groups in total. The van der Waals surface area contributed by atoms with Crippen molar-refractivity contribution < 1.29 is 0 Å². The predicted octanol–water partition coefficient (Wildman–Crippen LogP) is 4.66. The van der Waals surface area contributed by atoms with Gasteiger partial charge in [-0.05, 0) is 61.8 Å². The van der Waals surface area contributed by atoms with Crippen molar-refractivity contribution in [2.75, 3.05) is 32.6 Å². The van der Waals surface area contributed by atoms with E-state index in [2.05, 4.69) is 60.1 Å². The Morgan fingerprint density at radius 3 is 2.29 bits per heavy atom. The number of nitrogens with zero attached hydrogens (tertiary/aromatic N) is 1. The third-order valence-electron chi connectivity index (χ3n) is 4.61. The predicted molar refractivity (Wildman–Crippen MR) is 109 cm³/mol. The summed E-state index contributed by atoms with van der Waals surface area (Å²) >= 11 is 1.66. The Morgan fingerprint density at radius 2 is 1.71 bits per heavy atom. The van der Waals surface area contributed by atoms with Gasteiger partial charge in [0, 0.05) is 30.1 Å². The van der Waals surface area contributed by atoms with Crippen LogP contribution in [0.5, 0.6) is 0 Å². The lowest BCUT2D eigenvalue weighted by Crippen LogP contribution is -2.16. The maximum absolute atomic E-state index is 5.50. The first-order valence-corrected chi connectivity index (χ1v) is 9.71. The van der Waals surface area contributed by atoms with Gasteiger partial charge in [0.05, 0.1) is 0 Å². The van der Waals surface area contributed by atoms with Crippen LogP contribution in [0.4, 0.5) is 5.69 Å². The van der Waals surface area contributed by atoms with Crippen LogP contribution in [0.1, 0.15) is 32.1 Å². The van der Waals surface area contributed by atoms with Crippen molar-refractivity contribution in [2.45, 2.75) is 37.0 Å². The van der Waals surface area contributed by atoms with E-state index in [0.717, 1.165) is 12.5 Å². The normalized spacial score (nSPS) is 15.0. The van der Waals surface area contributed by atoms with E-state index in [1.165, 1.54) is 53.5 Å². The zero-order chi connectivity index (χ0) is 17.4. The average molecular weight is 346 g/mol. The van der Waals surface area contributed by atoms with Gasteiger partial charge in [0.2, 0.25) is 0 Å². The third kappa shape index (κ3) is 5.13. The molecule has 0 aliphatic heterocycles. The lowest BCUT2D eigenvalue weighted by Gasteiger charge is -2.18. The van der Waals surface area contributed by atoms with Gasteiger partial charge in [-0.3, -0.25) is 4.72 Å². The number of hydrogen-bond donors (Lipinski definition) is 2. The quantitative estimate of drug-likeness (QED) is 0.791. The van der Waals surface area contributed by atoms with Crippen LogP contribution in [-0.2, 0) is 0 Å². The van der Waals surface area contributed by atoms with E-state index >= 15 is 0 Å². The van der Waals surface area contributed by atoms with E-state index in [9.17, 15) is 0 Å². The molecule has 0 aromatic heterocycles. The molecule has 0 saturated heterocycles. The molecule has 132 valence electrons. The topological polar surface area (TPSA) is 41.3 Å². The molecule has 0 bridgehead atoms. The number of nitrogens with one attached hydrogen (secondary N) is 1. The fourth-order valence-corrected chi connectivity index (χ4v) is 3.93. The molecular formula is C20H31N3S. The molecule has 3 rings (SSSR count). The van der Waals surface area contributed by atoms with E-state index in [1.807, 2.05) is 7.05 Å². The van der Waals surface area contributed by atoms with Crippen LogP contribution in [0.3, 0.4) is 0 Å². The molecule has 1 aliphatic rings. The van der Waals surface area contributed by atoms with Gasteiger partial charge in [-0.15, -0.1) is 0 Å². The lowest BCUT2D eigenvalue weighted by molar-refractivity contribution is 0.366. The molecular weight excluding hydrogens is 314 g/mol. The van der Waals surface area contributed by atoms with Crippen LogP contribution in [0.25, 0.3) is 10.8 Å². The molecule has 0 heterocycles. The van der Waals surface area contributed by atoms with E-state index in [0.29, 0.717) is 0 Å². The van der Waals surface area contributed by atoms with Crippen LogP contribution < -0.4 is 15.4 Å². The zero-order valence-electron chi connectivity index (χ0n) is 15.2. The highest BCUT2D eigenvalue weighted by Crippen LogP contribution is 2.31. The maximum Gasteiger partial charge on any atom is 0.0441 e. The summed E-state index contributed by atoms with van der Waals surface area (Å²) in [6.45, 7) is 0.917. The van der Waals surface area contributed by atoms with E-state index < -0.39 is 0 Å². The Labute approximate surface area is 151 Å². The van der Waals surface area contributed by atoms with Gasteiger partial charge < -0.3 is 10.6 Å². The Hall–Kier alpha value is -1.23. The number of benzene rings is 2. The highest BCUT2D eigenvalue weighted by Gasteiger charge is 2.10. The minimum absolute atomic E-state index is 0.865. The Morgan fingerprint density at radius 1 is 1.04 bits per heavy atom. The van der Waals surface area contributed by atoms with Crippen molar-refractivity contribution in [3.8, 4) is 0 Å². The van der Waals surface area contributed by atoms with Gasteiger partial charge in [0.1, 0.15) is 0 Å². The summed E-state index contributed by atoms with van der Waals surface area (Å²) in [5.74, 6) is 0.865. The largest absolute Gasteiger partial charge is 0.377 e. The summed E-state index contributed by atoms with van der Waals surface area (Å²) in [7, 11) is 6.10. The smallest absolute Gasteiger partial charge is 0.0441 e. The van der Waals surface area contributed by atoms with Gasteiger partial charge in [-0.1, -0.05) is 43.5 Å². The summed E-state index contributed by atoms with van der Waals surface area (Å²) in [6, 6.07) is 12.8. The molecule has 1 saturated carbocycles. The lowest BCUT2D eigenvalue weighted by atomic mass is 9.90. The first kappa shape index (κ1) is 19.1.